The summed E-state index contributed by atoms with van der Waals surface area (Å²) in [6.45, 7) is 23.5. The number of carbonyl (C=O) groups excluding carboxylic acids is 9. The number of aromatic nitrogens is 6. The third-order valence-electron chi connectivity index (χ3n) is 23.0. The smallest absolute Gasteiger partial charge is 0.410 e. The first-order chi connectivity index (χ1) is 54.5. The van der Waals surface area contributed by atoms with E-state index in [9.17, 15) is 57.5 Å². The molecule has 3 unspecified atom stereocenters. The second kappa shape index (κ2) is 41.6. The fourth-order valence-electron chi connectivity index (χ4n) is 17.1. The number of nitrogens with one attached hydrogen (secondary N) is 5. The molecule has 3 aromatic carbocycles. The number of hydrogen-bond donors (Lipinski definition) is 5. The summed E-state index contributed by atoms with van der Waals surface area (Å²) in [6, 6.07) is 14.6. The number of piperidine rings is 9. The van der Waals surface area contributed by atoms with E-state index in [1.165, 1.54) is 13.7 Å². The van der Waals surface area contributed by atoms with Gasteiger partial charge in [0.05, 0.1) is 69.7 Å². The first-order valence-electron chi connectivity index (χ1n) is 40.8. The van der Waals surface area contributed by atoms with Crippen molar-refractivity contribution in [3.8, 4) is 0 Å². The van der Waals surface area contributed by atoms with Gasteiger partial charge in [-0.1, -0.05) is 30.3 Å². The van der Waals surface area contributed by atoms with Crippen molar-refractivity contribution in [2.24, 2.45) is 21.1 Å². The zero-order valence-corrected chi connectivity index (χ0v) is 75.4. The molecule has 3 aromatic heterocycles. The number of rotatable bonds is 14. The van der Waals surface area contributed by atoms with Crippen molar-refractivity contribution in [2.75, 3.05) is 78.5 Å². The van der Waals surface area contributed by atoms with Crippen LogP contribution < -0.4 is 43.7 Å². The Morgan fingerprint density at radius 2 is 0.684 bits per heavy atom. The Hall–Kier alpha value is -7.51. The molecule has 9 aliphatic heterocycles. The molecule has 32 nitrogen and oxygen atoms in total. The van der Waals surface area contributed by atoms with Gasteiger partial charge in [-0.3, -0.25) is 86.7 Å². The minimum absolute atomic E-state index is 0. The summed E-state index contributed by atoms with van der Waals surface area (Å²) in [5.41, 5.74) is 4.91. The zero-order valence-electron chi connectivity index (χ0n) is 68.7. The molecule has 6 aromatic rings. The molecule has 0 radical (unpaired) electrons. The summed E-state index contributed by atoms with van der Waals surface area (Å²) in [6.07, 6.45) is 15.4. The molecule has 0 spiro atoms. The van der Waals surface area contributed by atoms with Gasteiger partial charge in [0.2, 0.25) is 35.4 Å². The Morgan fingerprint density at radius 1 is 0.402 bits per heavy atom. The van der Waals surface area contributed by atoms with E-state index >= 15 is 0 Å². The van der Waals surface area contributed by atoms with Gasteiger partial charge in [-0.15, -0.1) is 12.4 Å². The van der Waals surface area contributed by atoms with Crippen molar-refractivity contribution < 1.29 is 109 Å². The van der Waals surface area contributed by atoms with Gasteiger partial charge in [0.15, 0.2) is 6.29 Å². The molecule has 640 valence electrons. The Labute approximate surface area is 716 Å². The van der Waals surface area contributed by atoms with Crippen LogP contribution in [0.25, 0.3) is 33.1 Å². The maximum absolute atomic E-state index is 13.2. The second-order valence-electron chi connectivity index (χ2n) is 33.5. The second-order valence-corrected chi connectivity index (χ2v) is 33.5. The third kappa shape index (κ3) is 23.4. The van der Waals surface area contributed by atoms with E-state index in [2.05, 4.69) is 42.5 Å². The van der Waals surface area contributed by atoms with Crippen LogP contribution in [0.4, 0.5) is 9.59 Å². The predicted molar refractivity (Wildman–Crippen MR) is 432 cm³/mol. The number of benzene rings is 3. The molecule has 9 saturated heterocycles. The number of imidazole rings is 3. The van der Waals surface area contributed by atoms with E-state index in [4.69, 9.17) is 23.7 Å². The van der Waals surface area contributed by atoms with Crippen LogP contribution in [0.5, 0.6) is 0 Å². The number of aldehydes is 1. The van der Waals surface area contributed by atoms with Gasteiger partial charge in [0.1, 0.15) is 29.3 Å². The minimum Gasteiger partial charge on any atom is -0.444 e. The molecule has 0 bridgehead atoms. The molecule has 15 rings (SSSR count). The number of aryl methyl sites for hydroxylation is 3. The molecule has 12 heterocycles. The van der Waals surface area contributed by atoms with E-state index in [0.717, 1.165) is 182 Å². The maximum Gasteiger partial charge on any atom is 0.410 e. The SMILES string of the molecule is CC(C)(C)OC(=O)N1CCC(OC2CCNCC2)CC1.Cl.Cn1c(=O)n(C2CCC(=O)NC2=O)c2cccc(C=O)c21.Cn1c(=O)n(C2CCC(=O)NC2=O)c2cccc(CN3CCC(OC4CCN(C(=O)OC(C)(C)C)CC4)CC3)c21.Cn1c(=O)n(C2CCC(=O)NC2=O)c2cccc(CN3CCC(OC4CCNCC4)CC3)c21.[W].[W]. The molecule has 5 N–H and O–H groups in total. The largest absolute Gasteiger partial charge is 0.444 e. The van der Waals surface area contributed by atoms with Gasteiger partial charge in [0.25, 0.3) is 0 Å². The number of nitrogens with zero attached hydrogens (tertiary/aromatic N) is 10. The minimum atomic E-state index is -0.735. The summed E-state index contributed by atoms with van der Waals surface area (Å²) in [4.78, 5) is 154. The van der Waals surface area contributed by atoms with Crippen molar-refractivity contribution in [1.82, 2.24) is 73.6 Å². The van der Waals surface area contributed by atoms with Gasteiger partial charge < -0.3 is 44.1 Å². The van der Waals surface area contributed by atoms with Gasteiger partial charge in [-0.2, -0.15) is 0 Å². The van der Waals surface area contributed by atoms with E-state index < -0.39 is 47.0 Å². The van der Waals surface area contributed by atoms with Crippen LogP contribution in [0.15, 0.2) is 69.0 Å². The molecule has 3 atom stereocenters. The van der Waals surface area contributed by atoms with Gasteiger partial charge in [-0.05, 0) is 199 Å². The summed E-state index contributed by atoms with van der Waals surface area (Å²) in [5, 5.41) is 13.7. The Balaban J connectivity index is 0.000000183. The standard InChI is InChI=1S/C29H41N5O6.C24H33N5O4.C15H28N2O3.C14H13N3O4.ClH.2W/c1-29(2,3)40-28(38)33-16-12-21(13-17-33)39-20-10-14-32(15-11-20)18-19-6-5-7-22-25(19)31(4)27(37)34(22)23-8-9-24(35)30-26(23)36;1-27-22-16(15-28-13-9-18(10-14-28)33-17-7-11-25-12-8-17)3-2-4-19(22)29(24(27)32)20-5-6-21(30)26-23(20)31;1-15(2,3)20-14(18)17-10-6-13(7-11-17)19-12-4-8-16-9-5-12;1-16-12-8(7-18)3-2-4-9(12)17(14(16)21)10-5-6-11(19)15-13(10)20;;;/h5-7,20-21,23H,8-18H2,1-4H3,(H,30,35,36);2-4,17-18,20,25H,5-15H2,1H3,(H,26,30,31);12-13,16H,4-11H2,1-3H3;2-4,7,10H,5-6H2,1H3,(H,15,19,20);1H;;. The van der Waals surface area contributed by atoms with Crippen molar-refractivity contribution in [1.29, 1.82) is 0 Å². The van der Waals surface area contributed by atoms with Gasteiger partial charge >= 0.3 is 29.3 Å². The Bertz CT molecular complexity index is 4690. The van der Waals surface area contributed by atoms with Crippen molar-refractivity contribution >= 4 is 99.4 Å². The predicted octanol–water partition coefficient (Wildman–Crippen LogP) is 6.45. The van der Waals surface area contributed by atoms with Crippen LogP contribution in [-0.2, 0) is 129 Å². The van der Waals surface area contributed by atoms with Crippen LogP contribution in [-0.4, -0.2) is 227 Å². The number of amides is 8. The summed E-state index contributed by atoms with van der Waals surface area (Å²) in [5.74, 6) is -2.22. The van der Waals surface area contributed by atoms with Crippen LogP contribution >= 0.6 is 12.4 Å². The average molecular weight is 1990 g/mol. The fraction of sp³-hybridized carbons (Fsp3) is 0.634. The molecule has 9 fully saturated rings. The van der Waals surface area contributed by atoms with E-state index in [1.807, 2.05) is 71.9 Å². The van der Waals surface area contributed by atoms with Crippen molar-refractivity contribution in [3.63, 3.8) is 0 Å². The van der Waals surface area contributed by atoms with Crippen LogP contribution in [0.1, 0.15) is 197 Å². The molecule has 8 amide bonds. The number of ether oxygens (including phenoxy) is 5. The third-order valence-corrected chi connectivity index (χ3v) is 23.0. The number of imide groups is 3. The maximum atomic E-state index is 13.2. The molecular weight excluding hydrogens is 1870 g/mol. The molecule has 117 heavy (non-hydrogen) atoms. The van der Waals surface area contributed by atoms with Crippen molar-refractivity contribution in [2.45, 2.75) is 236 Å². The monoisotopic (exact) mass is 1990 g/mol. The molecule has 0 aliphatic carbocycles. The summed E-state index contributed by atoms with van der Waals surface area (Å²) < 4.78 is 38.9. The van der Waals surface area contributed by atoms with Crippen molar-refractivity contribution in [3.05, 3.63) is 103 Å². The van der Waals surface area contributed by atoms with E-state index in [0.29, 0.717) is 79.8 Å². The molecular formula is C82H116ClN15O17W2. The quantitative estimate of drug-likeness (QED) is 0.0577. The first kappa shape index (κ1) is 93.4. The first-order valence-corrected chi connectivity index (χ1v) is 40.8. The van der Waals surface area contributed by atoms with Gasteiger partial charge in [0, 0.05) is 154 Å². The van der Waals surface area contributed by atoms with E-state index in [-0.39, 0.29) is 139 Å². The Kier molecular flexibility index (Phi) is 33.2. The van der Waals surface area contributed by atoms with Crippen LogP contribution in [0.3, 0.4) is 0 Å². The summed E-state index contributed by atoms with van der Waals surface area (Å²) >= 11 is 0. The zero-order chi connectivity index (χ0) is 81.3. The summed E-state index contributed by atoms with van der Waals surface area (Å²) in [7, 11) is 5.06. The van der Waals surface area contributed by atoms with Crippen LogP contribution in [0.2, 0.25) is 0 Å². The van der Waals surface area contributed by atoms with Gasteiger partial charge in [-0.25, -0.2) is 24.0 Å². The average Bonchev–Trinajstić information content (AvgIpc) is 1.61. The topological polar surface area (TPSA) is 354 Å². The number of hydrogen-bond acceptors (Lipinski definition) is 21. The number of likely N-dealkylation sites (tertiary alicyclic amines) is 4. The number of carbonyl (C=O) groups is 9. The van der Waals surface area contributed by atoms with Crippen LogP contribution in [0, 0.1) is 0 Å². The number of halogens is 1. The number of fused-ring (bicyclic) bond motifs is 3. The number of para-hydroxylation sites is 3. The molecule has 9 aliphatic rings. The normalized spacial score (nSPS) is 21.6. The molecule has 35 heteroatoms. The molecule has 0 saturated carbocycles. The Morgan fingerprint density at radius 3 is 0.983 bits per heavy atom. The fourth-order valence-corrected chi connectivity index (χ4v) is 17.1. The van der Waals surface area contributed by atoms with E-state index in [1.54, 1.807) is 62.8 Å².